The molecule has 3 heterocycles. The van der Waals surface area contributed by atoms with E-state index >= 15 is 0 Å². The summed E-state index contributed by atoms with van der Waals surface area (Å²) in [5.41, 5.74) is 7.62. The minimum Gasteiger partial charge on any atom is -0.325 e. The molecule has 3 rings (SSSR count). The van der Waals surface area contributed by atoms with Gasteiger partial charge in [-0.15, -0.1) is 0 Å². The zero-order valence-electron chi connectivity index (χ0n) is 12.0. The highest BCUT2D eigenvalue weighted by Gasteiger charge is 2.14. The Hall–Kier alpha value is -1.50. The Kier molecular flexibility index (Phi) is 3.95. The lowest BCUT2D eigenvalue weighted by atomic mass is 10.3. The molecule has 20 heavy (non-hydrogen) atoms. The molecule has 6 heteroatoms. The third kappa shape index (κ3) is 2.82. The topological polar surface area (TPSA) is 62.7 Å². The maximum atomic E-state index is 5.73. The van der Waals surface area contributed by atoms with E-state index in [0.717, 1.165) is 56.3 Å². The number of nitrogens with zero attached hydrogens (tertiary/aromatic N) is 5. The summed E-state index contributed by atoms with van der Waals surface area (Å²) in [7, 11) is 2.18. The molecule has 0 saturated carbocycles. The smallest absolute Gasteiger partial charge is 0.155 e. The fraction of sp³-hybridized carbons (Fsp3) is 0.571. The van der Waals surface area contributed by atoms with Gasteiger partial charge in [0, 0.05) is 45.7 Å². The van der Waals surface area contributed by atoms with Crippen molar-refractivity contribution in [1.29, 1.82) is 0 Å². The van der Waals surface area contributed by atoms with Gasteiger partial charge in [0.05, 0.1) is 5.69 Å². The van der Waals surface area contributed by atoms with Crippen LogP contribution in [0.25, 0.3) is 5.65 Å². The fourth-order valence-electron chi connectivity index (χ4n) is 2.59. The SMILES string of the molecule is CN1CCN(CCc2nc3cccc(CN)n3n2)CC1. The van der Waals surface area contributed by atoms with Crippen molar-refractivity contribution in [3.63, 3.8) is 0 Å². The summed E-state index contributed by atoms with van der Waals surface area (Å²) in [6.45, 7) is 6.09. The van der Waals surface area contributed by atoms with Crippen molar-refractivity contribution in [3.8, 4) is 0 Å². The molecule has 0 atom stereocenters. The number of rotatable bonds is 4. The Morgan fingerprint density at radius 2 is 2.00 bits per heavy atom. The van der Waals surface area contributed by atoms with Gasteiger partial charge in [-0.1, -0.05) is 6.07 Å². The van der Waals surface area contributed by atoms with Crippen LogP contribution in [0.5, 0.6) is 0 Å². The van der Waals surface area contributed by atoms with Gasteiger partial charge in [-0.05, 0) is 19.2 Å². The lowest BCUT2D eigenvalue weighted by Crippen LogP contribution is -2.45. The first-order valence-electron chi connectivity index (χ1n) is 7.21. The maximum Gasteiger partial charge on any atom is 0.155 e. The molecule has 0 aromatic carbocycles. The number of fused-ring (bicyclic) bond motifs is 1. The summed E-state index contributed by atoms with van der Waals surface area (Å²) >= 11 is 0. The van der Waals surface area contributed by atoms with Crippen LogP contribution < -0.4 is 5.73 Å². The predicted molar refractivity (Wildman–Crippen MR) is 78.5 cm³/mol. The number of aromatic nitrogens is 3. The molecule has 0 amide bonds. The Morgan fingerprint density at radius 1 is 1.20 bits per heavy atom. The van der Waals surface area contributed by atoms with Crippen molar-refractivity contribution < 1.29 is 0 Å². The average molecular weight is 274 g/mol. The van der Waals surface area contributed by atoms with Crippen LogP contribution in [0.3, 0.4) is 0 Å². The first-order chi connectivity index (χ1) is 9.76. The number of pyridine rings is 1. The molecule has 2 N–H and O–H groups in total. The zero-order chi connectivity index (χ0) is 13.9. The largest absolute Gasteiger partial charge is 0.325 e. The highest BCUT2D eigenvalue weighted by atomic mass is 15.3. The van der Waals surface area contributed by atoms with E-state index in [1.54, 1.807) is 0 Å². The van der Waals surface area contributed by atoms with Gasteiger partial charge in [0.25, 0.3) is 0 Å². The number of hydrogen-bond donors (Lipinski definition) is 1. The molecule has 0 radical (unpaired) electrons. The summed E-state index contributed by atoms with van der Waals surface area (Å²) in [5, 5.41) is 4.57. The van der Waals surface area contributed by atoms with E-state index in [4.69, 9.17) is 5.73 Å². The van der Waals surface area contributed by atoms with Gasteiger partial charge >= 0.3 is 0 Å². The molecule has 2 aromatic rings. The molecule has 1 aliphatic heterocycles. The summed E-state index contributed by atoms with van der Waals surface area (Å²) in [4.78, 5) is 9.43. The van der Waals surface area contributed by atoms with E-state index in [-0.39, 0.29) is 0 Å². The molecular formula is C14H22N6. The predicted octanol–water partition coefficient (Wildman–Crippen LogP) is -0.0221. The molecule has 0 unspecified atom stereocenters. The minimum atomic E-state index is 0.485. The van der Waals surface area contributed by atoms with Gasteiger partial charge in [-0.25, -0.2) is 9.50 Å². The molecule has 0 spiro atoms. The average Bonchev–Trinajstić information content (AvgIpc) is 2.89. The highest BCUT2D eigenvalue weighted by Crippen LogP contribution is 2.07. The Labute approximate surface area is 119 Å². The minimum absolute atomic E-state index is 0.485. The van der Waals surface area contributed by atoms with Crippen LogP contribution in [0.1, 0.15) is 11.5 Å². The van der Waals surface area contributed by atoms with Crippen molar-refractivity contribution in [2.75, 3.05) is 39.8 Å². The van der Waals surface area contributed by atoms with Gasteiger partial charge < -0.3 is 15.5 Å². The molecule has 0 bridgehead atoms. The van der Waals surface area contributed by atoms with E-state index in [9.17, 15) is 0 Å². The lowest BCUT2D eigenvalue weighted by Gasteiger charge is -2.31. The van der Waals surface area contributed by atoms with Crippen molar-refractivity contribution in [2.24, 2.45) is 5.73 Å². The second-order valence-corrected chi connectivity index (χ2v) is 5.41. The van der Waals surface area contributed by atoms with Gasteiger partial charge in [0.2, 0.25) is 0 Å². The summed E-state index contributed by atoms with van der Waals surface area (Å²) in [5.74, 6) is 0.907. The van der Waals surface area contributed by atoms with Crippen molar-refractivity contribution in [3.05, 3.63) is 29.7 Å². The standard InChI is InChI=1S/C14H22N6/c1-18-7-9-19(10-8-18)6-5-13-16-14-4-2-3-12(11-15)20(14)17-13/h2-4H,5-11,15H2,1H3. The van der Waals surface area contributed by atoms with Gasteiger partial charge in [0.1, 0.15) is 0 Å². The number of likely N-dealkylation sites (N-methyl/N-ethyl adjacent to an activating group) is 1. The van der Waals surface area contributed by atoms with Crippen LogP contribution in [0, 0.1) is 0 Å². The number of piperazine rings is 1. The van der Waals surface area contributed by atoms with E-state index < -0.39 is 0 Å². The number of hydrogen-bond acceptors (Lipinski definition) is 5. The lowest BCUT2D eigenvalue weighted by molar-refractivity contribution is 0.155. The highest BCUT2D eigenvalue weighted by molar-refractivity contribution is 5.38. The monoisotopic (exact) mass is 274 g/mol. The van der Waals surface area contributed by atoms with Crippen molar-refractivity contribution in [1.82, 2.24) is 24.4 Å². The van der Waals surface area contributed by atoms with Crippen LogP contribution in [-0.4, -0.2) is 64.2 Å². The van der Waals surface area contributed by atoms with Crippen LogP contribution >= 0.6 is 0 Å². The summed E-state index contributed by atoms with van der Waals surface area (Å²) in [6.07, 6.45) is 0.898. The van der Waals surface area contributed by atoms with Crippen LogP contribution in [0.4, 0.5) is 0 Å². The van der Waals surface area contributed by atoms with E-state index in [0.29, 0.717) is 6.54 Å². The Balaban J connectivity index is 1.66. The van der Waals surface area contributed by atoms with E-state index in [2.05, 4.69) is 26.9 Å². The normalized spacial score (nSPS) is 17.9. The number of nitrogens with two attached hydrogens (primary N) is 1. The quantitative estimate of drug-likeness (QED) is 0.849. The first-order valence-corrected chi connectivity index (χ1v) is 7.21. The zero-order valence-corrected chi connectivity index (χ0v) is 12.0. The maximum absolute atomic E-state index is 5.73. The Bertz CT molecular complexity index is 570. The Morgan fingerprint density at radius 3 is 2.75 bits per heavy atom. The molecule has 1 saturated heterocycles. The van der Waals surface area contributed by atoms with Crippen molar-refractivity contribution in [2.45, 2.75) is 13.0 Å². The molecule has 108 valence electrons. The third-order valence-electron chi connectivity index (χ3n) is 3.94. The summed E-state index contributed by atoms with van der Waals surface area (Å²) in [6, 6.07) is 5.95. The van der Waals surface area contributed by atoms with Crippen LogP contribution in [0.2, 0.25) is 0 Å². The molecular weight excluding hydrogens is 252 g/mol. The molecule has 2 aromatic heterocycles. The van der Waals surface area contributed by atoms with Crippen LogP contribution in [-0.2, 0) is 13.0 Å². The van der Waals surface area contributed by atoms with Gasteiger partial charge in [0.15, 0.2) is 11.5 Å². The fourth-order valence-corrected chi connectivity index (χ4v) is 2.59. The second-order valence-electron chi connectivity index (χ2n) is 5.41. The molecule has 1 aliphatic rings. The molecule has 0 aliphatic carbocycles. The first kappa shape index (κ1) is 13.5. The molecule has 1 fully saturated rings. The van der Waals surface area contributed by atoms with Crippen molar-refractivity contribution >= 4 is 5.65 Å². The van der Waals surface area contributed by atoms with Gasteiger partial charge in [-0.2, -0.15) is 5.10 Å². The summed E-state index contributed by atoms with van der Waals surface area (Å²) < 4.78 is 1.86. The second kappa shape index (κ2) is 5.87. The van der Waals surface area contributed by atoms with E-state index in [1.807, 2.05) is 22.7 Å². The molecule has 6 nitrogen and oxygen atoms in total. The van der Waals surface area contributed by atoms with E-state index in [1.165, 1.54) is 0 Å². The third-order valence-corrected chi connectivity index (χ3v) is 3.94. The van der Waals surface area contributed by atoms with Gasteiger partial charge in [-0.3, -0.25) is 0 Å². The van der Waals surface area contributed by atoms with Crippen LogP contribution in [0.15, 0.2) is 18.2 Å².